The number of carbonyl (C=O) groups excluding carboxylic acids is 2. The largest absolute Gasteiger partial charge is 0.368 e. The molecule has 1 N–H and O–H groups in total. The Labute approximate surface area is 226 Å². The summed E-state index contributed by atoms with van der Waals surface area (Å²) < 4.78 is 0. The Hall–Kier alpha value is -3.71. The Bertz CT molecular complexity index is 1190. The maximum atomic E-state index is 13.6. The molecular formula is C31H39N5O2. The molecule has 0 saturated carbocycles. The van der Waals surface area contributed by atoms with Crippen molar-refractivity contribution in [2.24, 2.45) is 4.99 Å². The van der Waals surface area contributed by atoms with Crippen LogP contribution in [-0.2, 0) is 11.3 Å². The zero-order valence-corrected chi connectivity index (χ0v) is 22.7. The lowest BCUT2D eigenvalue weighted by Gasteiger charge is -2.33. The number of amides is 2. The SMILES string of the molecule is C=CCCN1CC(=O)N(Cc2ccc(C(=O)N(C)C/C=C\CC)cc2)C2=CC=C(C3=NCCN3)C=C(C2)C1. The summed E-state index contributed by atoms with van der Waals surface area (Å²) >= 11 is 0. The molecule has 3 aliphatic rings. The summed E-state index contributed by atoms with van der Waals surface area (Å²) in [5, 5.41) is 3.37. The second-order valence-corrected chi connectivity index (χ2v) is 9.95. The summed E-state index contributed by atoms with van der Waals surface area (Å²) in [4.78, 5) is 36.8. The van der Waals surface area contributed by atoms with E-state index in [1.165, 1.54) is 5.57 Å². The molecule has 2 aliphatic heterocycles. The summed E-state index contributed by atoms with van der Waals surface area (Å²) in [6.07, 6.45) is 14.8. The van der Waals surface area contributed by atoms with Gasteiger partial charge in [0.15, 0.2) is 0 Å². The minimum absolute atomic E-state index is 0.0140. The molecular weight excluding hydrogens is 474 g/mol. The van der Waals surface area contributed by atoms with E-state index >= 15 is 0 Å². The number of fused-ring (bicyclic) bond motifs is 2. The maximum absolute atomic E-state index is 13.6. The van der Waals surface area contributed by atoms with E-state index in [1.807, 2.05) is 48.4 Å². The monoisotopic (exact) mass is 513 g/mol. The summed E-state index contributed by atoms with van der Waals surface area (Å²) in [6, 6.07) is 7.63. The molecule has 0 atom stereocenters. The number of rotatable bonds is 10. The second-order valence-electron chi connectivity index (χ2n) is 9.95. The molecule has 7 heteroatoms. The molecule has 1 aromatic rings. The number of amidine groups is 1. The fourth-order valence-corrected chi connectivity index (χ4v) is 4.86. The molecule has 2 heterocycles. The highest BCUT2D eigenvalue weighted by Crippen LogP contribution is 2.27. The molecule has 2 amide bonds. The van der Waals surface area contributed by atoms with Crippen LogP contribution >= 0.6 is 0 Å². The van der Waals surface area contributed by atoms with Crippen molar-refractivity contribution in [1.82, 2.24) is 20.0 Å². The first kappa shape index (κ1) is 27.3. The van der Waals surface area contributed by atoms with Gasteiger partial charge in [0.25, 0.3) is 5.91 Å². The second kappa shape index (κ2) is 13.2. The molecule has 0 aromatic heterocycles. The Morgan fingerprint density at radius 1 is 1.18 bits per heavy atom. The van der Waals surface area contributed by atoms with Crippen LogP contribution in [0.4, 0.5) is 0 Å². The number of nitrogens with zero attached hydrogens (tertiary/aromatic N) is 4. The quantitative estimate of drug-likeness (QED) is 0.479. The fourth-order valence-electron chi connectivity index (χ4n) is 4.86. The Balaban J connectivity index is 1.56. The normalized spacial score (nSPS) is 18.1. The number of aliphatic imine (C=N–C) groups is 1. The molecule has 38 heavy (non-hydrogen) atoms. The zero-order valence-electron chi connectivity index (χ0n) is 22.7. The topological polar surface area (TPSA) is 68.2 Å². The van der Waals surface area contributed by atoms with E-state index in [2.05, 4.69) is 53.0 Å². The van der Waals surface area contributed by atoms with Crippen LogP contribution in [0.3, 0.4) is 0 Å². The van der Waals surface area contributed by atoms with Crippen LogP contribution in [-0.4, -0.2) is 78.7 Å². The van der Waals surface area contributed by atoms with E-state index in [4.69, 9.17) is 0 Å². The van der Waals surface area contributed by atoms with Crippen LogP contribution in [0.25, 0.3) is 0 Å². The molecule has 1 saturated heterocycles. The van der Waals surface area contributed by atoms with Crippen molar-refractivity contribution < 1.29 is 9.59 Å². The third-order valence-electron chi connectivity index (χ3n) is 6.92. The molecule has 2 bridgehead atoms. The van der Waals surface area contributed by atoms with Crippen molar-refractivity contribution in [2.75, 3.05) is 46.3 Å². The van der Waals surface area contributed by atoms with Crippen LogP contribution in [0.5, 0.6) is 0 Å². The molecule has 0 radical (unpaired) electrons. The smallest absolute Gasteiger partial charge is 0.253 e. The zero-order chi connectivity index (χ0) is 26.9. The van der Waals surface area contributed by atoms with Gasteiger partial charge < -0.3 is 15.1 Å². The lowest BCUT2D eigenvalue weighted by atomic mass is 10.0. The summed E-state index contributed by atoms with van der Waals surface area (Å²) in [6.45, 7) is 10.5. The van der Waals surface area contributed by atoms with Gasteiger partial charge in [0.05, 0.1) is 19.6 Å². The van der Waals surface area contributed by atoms with Crippen molar-refractivity contribution in [3.05, 3.63) is 95.3 Å². The van der Waals surface area contributed by atoms with Gasteiger partial charge in [0.1, 0.15) is 5.84 Å². The van der Waals surface area contributed by atoms with E-state index in [0.717, 1.165) is 61.7 Å². The van der Waals surface area contributed by atoms with E-state index < -0.39 is 0 Å². The average Bonchev–Trinajstić information content (AvgIpc) is 3.37. The lowest BCUT2D eigenvalue weighted by Crippen LogP contribution is -2.43. The first-order valence-electron chi connectivity index (χ1n) is 13.5. The van der Waals surface area contributed by atoms with Crippen LogP contribution in [0.2, 0.25) is 0 Å². The third-order valence-corrected chi connectivity index (χ3v) is 6.92. The van der Waals surface area contributed by atoms with E-state index in [1.54, 1.807) is 4.90 Å². The fraction of sp³-hybridized carbons (Fsp3) is 0.387. The van der Waals surface area contributed by atoms with E-state index in [0.29, 0.717) is 31.6 Å². The highest BCUT2D eigenvalue weighted by molar-refractivity contribution is 6.02. The molecule has 7 nitrogen and oxygen atoms in total. The molecule has 0 unspecified atom stereocenters. The van der Waals surface area contributed by atoms with E-state index in [9.17, 15) is 9.59 Å². The highest BCUT2D eigenvalue weighted by atomic mass is 16.2. The number of allylic oxidation sites excluding steroid dienone is 4. The summed E-state index contributed by atoms with van der Waals surface area (Å²) in [5.41, 5.74) is 4.95. The van der Waals surface area contributed by atoms with Crippen molar-refractivity contribution in [1.29, 1.82) is 0 Å². The third kappa shape index (κ3) is 6.98. The molecule has 1 aromatic carbocycles. The number of nitrogens with one attached hydrogen (secondary N) is 1. The van der Waals surface area contributed by atoms with Gasteiger partial charge in [0, 0.05) is 56.5 Å². The molecule has 1 aliphatic carbocycles. The minimum Gasteiger partial charge on any atom is -0.368 e. The van der Waals surface area contributed by atoms with Gasteiger partial charge in [-0.1, -0.05) is 43.4 Å². The van der Waals surface area contributed by atoms with Gasteiger partial charge in [-0.3, -0.25) is 19.5 Å². The van der Waals surface area contributed by atoms with Crippen molar-refractivity contribution in [2.45, 2.75) is 32.7 Å². The first-order valence-corrected chi connectivity index (χ1v) is 13.5. The highest BCUT2D eigenvalue weighted by Gasteiger charge is 2.27. The number of benzene rings is 1. The van der Waals surface area contributed by atoms with Gasteiger partial charge in [-0.15, -0.1) is 6.58 Å². The number of hydrogen-bond donors (Lipinski definition) is 1. The van der Waals surface area contributed by atoms with Crippen molar-refractivity contribution in [3.8, 4) is 0 Å². The molecule has 200 valence electrons. The first-order chi connectivity index (χ1) is 18.5. The summed E-state index contributed by atoms with van der Waals surface area (Å²) in [7, 11) is 1.81. The van der Waals surface area contributed by atoms with Crippen molar-refractivity contribution >= 4 is 17.6 Å². The van der Waals surface area contributed by atoms with E-state index in [-0.39, 0.29) is 11.8 Å². The van der Waals surface area contributed by atoms with Gasteiger partial charge in [-0.2, -0.15) is 0 Å². The molecule has 4 rings (SSSR count). The summed E-state index contributed by atoms with van der Waals surface area (Å²) in [5.74, 6) is 0.986. The van der Waals surface area contributed by atoms with Crippen molar-refractivity contribution in [3.63, 3.8) is 0 Å². The van der Waals surface area contributed by atoms with Crippen LogP contribution in [0.1, 0.15) is 42.1 Å². The van der Waals surface area contributed by atoms with Crippen LogP contribution in [0, 0.1) is 0 Å². The lowest BCUT2D eigenvalue weighted by molar-refractivity contribution is -0.131. The Kier molecular flexibility index (Phi) is 9.49. The average molecular weight is 514 g/mol. The van der Waals surface area contributed by atoms with Crippen LogP contribution < -0.4 is 5.32 Å². The number of likely N-dealkylation sites (N-methyl/N-ethyl adjacent to an activating group) is 1. The van der Waals surface area contributed by atoms with Gasteiger partial charge in [0.2, 0.25) is 5.91 Å². The van der Waals surface area contributed by atoms with Gasteiger partial charge in [-0.05, 0) is 48.3 Å². The van der Waals surface area contributed by atoms with Crippen LogP contribution in [0.15, 0.2) is 89.1 Å². The Morgan fingerprint density at radius 2 is 2.00 bits per heavy atom. The predicted octanol–water partition coefficient (Wildman–Crippen LogP) is 4.09. The van der Waals surface area contributed by atoms with Gasteiger partial charge >= 0.3 is 0 Å². The number of carbonyl (C=O) groups is 2. The molecule has 1 fully saturated rings. The predicted molar refractivity (Wildman–Crippen MR) is 154 cm³/mol. The maximum Gasteiger partial charge on any atom is 0.253 e. The number of hydrogen-bond acceptors (Lipinski definition) is 5. The Morgan fingerprint density at radius 3 is 2.71 bits per heavy atom. The standard InChI is InChI=1S/C31H39N5O2/c1-4-6-8-17-34(3)31(38)26-11-9-24(10-12-26)22-36-28-14-13-27(30-32-15-16-33-30)19-25(20-28)21-35(18-7-5-2)23-29(36)37/h5-6,8-14,19H,2,4,7,15-18,20-23H2,1,3H3,(H,32,33)/b8-6-. The minimum atomic E-state index is -0.0140. The van der Waals surface area contributed by atoms with Gasteiger partial charge in [-0.25, -0.2) is 0 Å². The molecule has 0 spiro atoms.